The SMILES string of the molecule is COc1cc(C=NNC(=O)COc2cc(C)c(Cl)c(C)c2)cc(OC)c1OC. The molecule has 28 heavy (non-hydrogen) atoms. The fraction of sp³-hybridized carbons (Fsp3) is 0.300. The van der Waals surface area contributed by atoms with Crippen molar-refractivity contribution in [1.82, 2.24) is 5.43 Å². The highest BCUT2D eigenvalue weighted by atomic mass is 35.5. The van der Waals surface area contributed by atoms with Crippen LogP contribution in [0, 0.1) is 13.8 Å². The second kappa shape index (κ2) is 9.85. The molecule has 0 saturated carbocycles. The number of methoxy groups -OCH3 is 3. The Labute approximate surface area is 169 Å². The molecular weight excluding hydrogens is 384 g/mol. The van der Waals surface area contributed by atoms with E-state index in [-0.39, 0.29) is 6.61 Å². The number of hydrogen-bond donors (Lipinski definition) is 1. The van der Waals surface area contributed by atoms with E-state index in [1.807, 2.05) is 13.8 Å². The van der Waals surface area contributed by atoms with Gasteiger partial charge in [0, 0.05) is 10.6 Å². The van der Waals surface area contributed by atoms with E-state index < -0.39 is 5.91 Å². The van der Waals surface area contributed by atoms with Crippen LogP contribution in [0.1, 0.15) is 16.7 Å². The van der Waals surface area contributed by atoms with Crippen molar-refractivity contribution in [2.75, 3.05) is 27.9 Å². The number of nitrogens with zero attached hydrogens (tertiary/aromatic N) is 1. The van der Waals surface area contributed by atoms with Gasteiger partial charge in [-0.15, -0.1) is 0 Å². The lowest BCUT2D eigenvalue weighted by Crippen LogP contribution is -2.24. The normalized spacial score (nSPS) is 10.6. The molecule has 0 unspecified atom stereocenters. The van der Waals surface area contributed by atoms with Crippen LogP contribution in [0.25, 0.3) is 0 Å². The average molecular weight is 407 g/mol. The number of amides is 1. The first-order valence-corrected chi connectivity index (χ1v) is 8.78. The van der Waals surface area contributed by atoms with Crippen LogP contribution in [0.3, 0.4) is 0 Å². The molecule has 8 heteroatoms. The van der Waals surface area contributed by atoms with Gasteiger partial charge in [-0.25, -0.2) is 5.43 Å². The monoisotopic (exact) mass is 406 g/mol. The summed E-state index contributed by atoms with van der Waals surface area (Å²) >= 11 is 6.12. The fourth-order valence-electron chi connectivity index (χ4n) is 2.53. The molecule has 2 aromatic rings. The molecule has 0 saturated heterocycles. The maximum absolute atomic E-state index is 11.9. The highest BCUT2D eigenvalue weighted by Gasteiger charge is 2.12. The number of ether oxygens (including phenoxy) is 4. The lowest BCUT2D eigenvalue weighted by molar-refractivity contribution is -0.123. The number of aryl methyl sites for hydroxylation is 2. The van der Waals surface area contributed by atoms with Crippen molar-refractivity contribution >= 4 is 23.7 Å². The minimum Gasteiger partial charge on any atom is -0.493 e. The molecule has 0 aromatic heterocycles. The summed E-state index contributed by atoms with van der Waals surface area (Å²) in [5.74, 6) is 1.64. The van der Waals surface area contributed by atoms with Gasteiger partial charge in [-0.3, -0.25) is 4.79 Å². The number of carbonyl (C=O) groups is 1. The van der Waals surface area contributed by atoms with Gasteiger partial charge >= 0.3 is 0 Å². The Bertz CT molecular complexity index is 835. The number of nitrogens with one attached hydrogen (secondary N) is 1. The number of carbonyl (C=O) groups excluding carboxylic acids is 1. The molecule has 0 heterocycles. The van der Waals surface area contributed by atoms with Crippen molar-refractivity contribution in [3.63, 3.8) is 0 Å². The third-order valence-electron chi connectivity index (χ3n) is 3.87. The van der Waals surface area contributed by atoms with Gasteiger partial charge in [-0.05, 0) is 49.2 Å². The summed E-state index contributed by atoms with van der Waals surface area (Å²) < 4.78 is 21.3. The number of benzene rings is 2. The van der Waals surface area contributed by atoms with Crippen molar-refractivity contribution in [1.29, 1.82) is 0 Å². The van der Waals surface area contributed by atoms with Gasteiger partial charge in [0.05, 0.1) is 27.5 Å². The predicted molar refractivity (Wildman–Crippen MR) is 108 cm³/mol. The van der Waals surface area contributed by atoms with Crippen LogP contribution in [0.5, 0.6) is 23.0 Å². The van der Waals surface area contributed by atoms with E-state index in [1.165, 1.54) is 27.5 Å². The van der Waals surface area contributed by atoms with E-state index in [2.05, 4.69) is 10.5 Å². The third-order valence-corrected chi connectivity index (χ3v) is 4.47. The van der Waals surface area contributed by atoms with E-state index in [0.29, 0.717) is 33.6 Å². The Morgan fingerprint density at radius 1 is 1.04 bits per heavy atom. The Morgan fingerprint density at radius 2 is 1.61 bits per heavy atom. The van der Waals surface area contributed by atoms with Crippen LogP contribution in [-0.2, 0) is 4.79 Å². The molecule has 0 spiro atoms. The maximum Gasteiger partial charge on any atom is 0.277 e. The van der Waals surface area contributed by atoms with Gasteiger partial charge in [0.2, 0.25) is 5.75 Å². The summed E-state index contributed by atoms with van der Waals surface area (Å²) in [5.41, 5.74) is 4.85. The zero-order chi connectivity index (χ0) is 20.7. The van der Waals surface area contributed by atoms with E-state index >= 15 is 0 Å². The molecule has 0 aliphatic rings. The average Bonchev–Trinajstić information content (AvgIpc) is 2.69. The van der Waals surface area contributed by atoms with E-state index in [0.717, 1.165) is 11.1 Å². The van der Waals surface area contributed by atoms with Crippen LogP contribution >= 0.6 is 11.6 Å². The summed E-state index contributed by atoms with van der Waals surface area (Å²) in [5, 5.41) is 4.62. The second-order valence-corrected chi connectivity index (χ2v) is 6.29. The zero-order valence-corrected chi connectivity index (χ0v) is 17.2. The summed E-state index contributed by atoms with van der Waals surface area (Å²) in [6.07, 6.45) is 1.47. The minimum absolute atomic E-state index is 0.174. The first-order chi connectivity index (χ1) is 13.4. The zero-order valence-electron chi connectivity index (χ0n) is 16.5. The molecule has 150 valence electrons. The Hall–Kier alpha value is -2.93. The standard InChI is InChI=1S/C20H23ClN2O5/c1-12-6-15(7-13(2)19(12)21)28-11-18(24)23-22-10-14-8-16(25-3)20(27-5)17(9-14)26-4/h6-10H,11H2,1-5H3,(H,23,24). The predicted octanol–water partition coefficient (Wildman–Crippen LogP) is 3.51. The van der Waals surface area contributed by atoms with E-state index in [1.54, 1.807) is 24.3 Å². The number of hydrogen-bond acceptors (Lipinski definition) is 6. The second-order valence-electron chi connectivity index (χ2n) is 5.91. The van der Waals surface area contributed by atoms with Crippen LogP contribution in [-0.4, -0.2) is 40.1 Å². The Balaban J connectivity index is 1.98. The molecule has 2 rings (SSSR count). The van der Waals surface area contributed by atoms with Crippen LogP contribution in [0.15, 0.2) is 29.4 Å². The largest absolute Gasteiger partial charge is 0.493 e. The Kier molecular flexibility index (Phi) is 7.52. The van der Waals surface area contributed by atoms with Crippen molar-refractivity contribution in [3.8, 4) is 23.0 Å². The summed E-state index contributed by atoms with van der Waals surface area (Å²) in [7, 11) is 4.58. The van der Waals surface area contributed by atoms with Crippen LogP contribution < -0.4 is 24.4 Å². The fourth-order valence-corrected chi connectivity index (χ4v) is 2.63. The van der Waals surface area contributed by atoms with Gasteiger partial charge in [-0.2, -0.15) is 5.10 Å². The number of rotatable bonds is 8. The molecule has 0 aliphatic carbocycles. The van der Waals surface area contributed by atoms with Crippen LogP contribution in [0.4, 0.5) is 0 Å². The molecule has 1 N–H and O–H groups in total. The smallest absolute Gasteiger partial charge is 0.277 e. The Morgan fingerprint density at radius 3 is 2.11 bits per heavy atom. The minimum atomic E-state index is -0.394. The molecule has 0 atom stereocenters. The van der Waals surface area contributed by atoms with E-state index in [9.17, 15) is 4.79 Å². The van der Waals surface area contributed by atoms with Gasteiger partial charge in [0.1, 0.15) is 5.75 Å². The molecule has 1 amide bonds. The third kappa shape index (κ3) is 5.29. The van der Waals surface area contributed by atoms with Crippen LogP contribution in [0.2, 0.25) is 5.02 Å². The highest BCUT2D eigenvalue weighted by molar-refractivity contribution is 6.32. The molecule has 0 bridgehead atoms. The summed E-state index contributed by atoms with van der Waals surface area (Å²) in [4.78, 5) is 11.9. The first-order valence-electron chi connectivity index (χ1n) is 8.41. The van der Waals surface area contributed by atoms with Crippen molar-refractivity contribution in [2.24, 2.45) is 5.10 Å². The maximum atomic E-state index is 11.9. The lowest BCUT2D eigenvalue weighted by Gasteiger charge is -2.12. The molecule has 7 nitrogen and oxygen atoms in total. The molecule has 2 aromatic carbocycles. The molecule has 0 fully saturated rings. The van der Waals surface area contributed by atoms with Gasteiger partial charge in [0.15, 0.2) is 18.1 Å². The topological polar surface area (TPSA) is 78.4 Å². The number of halogens is 1. The van der Waals surface area contributed by atoms with Crippen molar-refractivity contribution < 1.29 is 23.7 Å². The van der Waals surface area contributed by atoms with E-state index in [4.69, 9.17) is 30.5 Å². The highest BCUT2D eigenvalue weighted by Crippen LogP contribution is 2.37. The number of hydrazone groups is 1. The van der Waals surface area contributed by atoms with Gasteiger partial charge < -0.3 is 18.9 Å². The van der Waals surface area contributed by atoms with Gasteiger partial charge in [-0.1, -0.05) is 11.6 Å². The molecule has 0 aliphatic heterocycles. The first kappa shape index (κ1) is 21.4. The lowest BCUT2D eigenvalue weighted by atomic mass is 10.1. The van der Waals surface area contributed by atoms with Crippen molar-refractivity contribution in [3.05, 3.63) is 46.0 Å². The molecule has 0 radical (unpaired) electrons. The van der Waals surface area contributed by atoms with Gasteiger partial charge in [0.25, 0.3) is 5.91 Å². The summed E-state index contributed by atoms with van der Waals surface area (Å²) in [6.45, 7) is 3.58. The summed E-state index contributed by atoms with van der Waals surface area (Å²) in [6, 6.07) is 6.99. The van der Waals surface area contributed by atoms with Crippen molar-refractivity contribution in [2.45, 2.75) is 13.8 Å². The quantitative estimate of drug-likeness (QED) is 0.536. The molecular formula is C20H23ClN2O5.